The number of hydrogen-bond donors (Lipinski definition) is 3. The highest BCUT2D eigenvalue weighted by Gasteiger charge is 2.18. The molecule has 0 radical (unpaired) electrons. The van der Waals surface area contributed by atoms with Crippen molar-refractivity contribution in [1.82, 2.24) is 4.98 Å². The Kier molecular flexibility index (Phi) is 5.01. The summed E-state index contributed by atoms with van der Waals surface area (Å²) >= 11 is 0. The molecule has 0 unspecified atom stereocenters. The maximum atomic E-state index is 11.1. The number of carbonyl (C=O) groups is 1. The third-order valence-corrected chi connectivity index (χ3v) is 2.35. The largest absolute Gasteiger partial charge is 0.478 e. The van der Waals surface area contributed by atoms with Gasteiger partial charge in [-0.15, -0.1) is 0 Å². The SMILES string of the molecule is CO[C@@H](C)/C(Nc1ccccn1)=C(/C=N)C(=O)O. The molecule has 3 N–H and O–H groups in total. The zero-order chi connectivity index (χ0) is 13.5. The Hall–Kier alpha value is -2.21. The average Bonchev–Trinajstić information content (AvgIpc) is 2.38. The summed E-state index contributed by atoms with van der Waals surface area (Å²) in [7, 11) is 1.47. The van der Waals surface area contributed by atoms with E-state index in [1.807, 2.05) is 0 Å². The monoisotopic (exact) mass is 249 g/mol. The van der Waals surface area contributed by atoms with Crippen molar-refractivity contribution in [3.05, 3.63) is 35.7 Å². The van der Waals surface area contributed by atoms with Gasteiger partial charge in [0.15, 0.2) is 0 Å². The van der Waals surface area contributed by atoms with Gasteiger partial charge in [0.25, 0.3) is 0 Å². The fraction of sp³-hybridized carbons (Fsp3) is 0.250. The molecule has 0 aliphatic heterocycles. The topological polar surface area (TPSA) is 95.3 Å². The van der Waals surface area contributed by atoms with Crippen LogP contribution < -0.4 is 5.32 Å². The van der Waals surface area contributed by atoms with Gasteiger partial charge in [-0.3, -0.25) is 0 Å². The minimum atomic E-state index is -1.19. The second kappa shape index (κ2) is 6.51. The third-order valence-electron chi connectivity index (χ3n) is 2.35. The van der Waals surface area contributed by atoms with E-state index in [1.165, 1.54) is 7.11 Å². The normalized spacial score (nSPS) is 13.4. The zero-order valence-corrected chi connectivity index (χ0v) is 10.2. The molecule has 0 aliphatic carbocycles. The Bertz CT molecular complexity index is 457. The van der Waals surface area contributed by atoms with Gasteiger partial charge in [-0.2, -0.15) is 0 Å². The second-order valence-electron chi connectivity index (χ2n) is 3.49. The number of anilines is 1. The smallest absolute Gasteiger partial charge is 0.339 e. The predicted molar refractivity (Wildman–Crippen MR) is 67.8 cm³/mol. The Morgan fingerprint density at radius 2 is 2.33 bits per heavy atom. The summed E-state index contributed by atoms with van der Waals surface area (Å²) in [4.78, 5) is 15.1. The summed E-state index contributed by atoms with van der Waals surface area (Å²) in [5.74, 6) is -0.690. The molecular weight excluding hydrogens is 234 g/mol. The molecule has 0 aliphatic rings. The second-order valence-corrected chi connectivity index (χ2v) is 3.49. The fourth-order valence-corrected chi connectivity index (χ4v) is 1.34. The lowest BCUT2D eigenvalue weighted by Gasteiger charge is -2.17. The van der Waals surface area contributed by atoms with Crippen LogP contribution >= 0.6 is 0 Å². The van der Waals surface area contributed by atoms with Gasteiger partial charge in [0.2, 0.25) is 0 Å². The maximum Gasteiger partial charge on any atom is 0.339 e. The number of rotatable bonds is 6. The number of carboxylic acid groups (broad SMARTS) is 1. The van der Waals surface area contributed by atoms with Gasteiger partial charge in [0.05, 0.1) is 17.4 Å². The molecule has 18 heavy (non-hydrogen) atoms. The predicted octanol–water partition coefficient (Wildman–Crippen LogP) is 1.52. The summed E-state index contributed by atoms with van der Waals surface area (Å²) in [6.07, 6.45) is 1.88. The molecule has 0 aromatic carbocycles. The molecule has 0 fully saturated rings. The van der Waals surface area contributed by atoms with Crippen molar-refractivity contribution in [3.63, 3.8) is 0 Å². The number of carboxylic acids is 1. The first-order chi connectivity index (χ1) is 8.60. The third kappa shape index (κ3) is 3.39. The molecule has 1 heterocycles. The van der Waals surface area contributed by atoms with Crippen molar-refractivity contribution in [2.24, 2.45) is 0 Å². The van der Waals surface area contributed by atoms with Crippen LogP contribution in [0.2, 0.25) is 0 Å². The molecule has 0 saturated carbocycles. The summed E-state index contributed by atoms with van der Waals surface area (Å²) in [6, 6.07) is 5.23. The van der Waals surface area contributed by atoms with Crippen molar-refractivity contribution in [3.8, 4) is 0 Å². The number of ether oxygens (including phenoxy) is 1. The Morgan fingerprint density at radius 1 is 1.61 bits per heavy atom. The van der Waals surface area contributed by atoms with Crippen molar-refractivity contribution in [2.75, 3.05) is 12.4 Å². The lowest BCUT2D eigenvalue weighted by atomic mass is 10.1. The molecule has 1 rings (SSSR count). The highest BCUT2D eigenvalue weighted by Crippen LogP contribution is 2.14. The lowest BCUT2D eigenvalue weighted by Crippen LogP contribution is -2.22. The van der Waals surface area contributed by atoms with E-state index in [1.54, 1.807) is 31.3 Å². The van der Waals surface area contributed by atoms with Crippen LogP contribution in [0, 0.1) is 5.41 Å². The van der Waals surface area contributed by atoms with E-state index in [0.29, 0.717) is 11.5 Å². The summed E-state index contributed by atoms with van der Waals surface area (Å²) in [5, 5.41) is 19.1. The number of methoxy groups -OCH3 is 1. The van der Waals surface area contributed by atoms with Gasteiger partial charge in [0, 0.05) is 19.5 Å². The molecule has 6 heteroatoms. The minimum Gasteiger partial charge on any atom is -0.478 e. The Labute approximate surface area is 105 Å². The summed E-state index contributed by atoms with van der Waals surface area (Å²) < 4.78 is 5.10. The first kappa shape index (κ1) is 13.9. The number of hydrogen-bond acceptors (Lipinski definition) is 5. The van der Waals surface area contributed by atoms with Crippen molar-refractivity contribution < 1.29 is 14.6 Å². The molecule has 1 atom stereocenters. The number of nitrogens with one attached hydrogen (secondary N) is 2. The van der Waals surface area contributed by atoms with E-state index < -0.39 is 12.1 Å². The van der Waals surface area contributed by atoms with Crippen LogP contribution in [0.4, 0.5) is 5.82 Å². The molecular formula is C12H15N3O3. The van der Waals surface area contributed by atoms with Crippen molar-refractivity contribution in [2.45, 2.75) is 13.0 Å². The number of nitrogens with zero attached hydrogens (tertiary/aromatic N) is 1. The number of pyridine rings is 1. The van der Waals surface area contributed by atoms with E-state index in [4.69, 9.17) is 15.3 Å². The van der Waals surface area contributed by atoms with Crippen molar-refractivity contribution >= 4 is 18.0 Å². The van der Waals surface area contributed by atoms with Crippen LogP contribution in [0.5, 0.6) is 0 Å². The summed E-state index contributed by atoms with van der Waals surface area (Å²) in [6.45, 7) is 1.69. The Balaban J connectivity index is 3.14. The van der Waals surface area contributed by atoms with E-state index in [0.717, 1.165) is 6.21 Å². The van der Waals surface area contributed by atoms with Crippen LogP contribution in [0.3, 0.4) is 0 Å². The van der Waals surface area contributed by atoms with Crippen LogP contribution in [0.15, 0.2) is 35.7 Å². The van der Waals surface area contributed by atoms with E-state index in [2.05, 4.69) is 10.3 Å². The number of aliphatic carboxylic acids is 1. The Morgan fingerprint density at radius 3 is 2.78 bits per heavy atom. The highest BCUT2D eigenvalue weighted by molar-refractivity contribution is 6.08. The molecule has 1 aromatic heterocycles. The fourth-order valence-electron chi connectivity index (χ4n) is 1.34. The van der Waals surface area contributed by atoms with Gasteiger partial charge >= 0.3 is 5.97 Å². The molecule has 1 aromatic rings. The molecule has 0 bridgehead atoms. The van der Waals surface area contributed by atoms with Gasteiger partial charge in [-0.25, -0.2) is 9.78 Å². The van der Waals surface area contributed by atoms with Gasteiger partial charge in [-0.05, 0) is 19.1 Å². The van der Waals surface area contributed by atoms with Crippen LogP contribution in [0.1, 0.15) is 6.92 Å². The van der Waals surface area contributed by atoms with E-state index >= 15 is 0 Å². The number of aromatic nitrogens is 1. The minimum absolute atomic E-state index is 0.157. The summed E-state index contributed by atoms with van der Waals surface area (Å²) in [5.41, 5.74) is 0.133. The van der Waals surface area contributed by atoms with Gasteiger partial charge in [-0.1, -0.05) is 6.07 Å². The molecule has 96 valence electrons. The average molecular weight is 249 g/mol. The lowest BCUT2D eigenvalue weighted by molar-refractivity contribution is -0.132. The van der Waals surface area contributed by atoms with Crippen LogP contribution in [0.25, 0.3) is 0 Å². The maximum absolute atomic E-state index is 11.1. The molecule has 0 saturated heterocycles. The quantitative estimate of drug-likeness (QED) is 0.524. The van der Waals surface area contributed by atoms with Crippen LogP contribution in [-0.4, -0.2) is 35.5 Å². The van der Waals surface area contributed by atoms with Gasteiger partial charge in [0.1, 0.15) is 5.82 Å². The van der Waals surface area contributed by atoms with Crippen LogP contribution in [-0.2, 0) is 9.53 Å². The highest BCUT2D eigenvalue weighted by atomic mass is 16.5. The van der Waals surface area contributed by atoms with Gasteiger partial charge < -0.3 is 20.6 Å². The van der Waals surface area contributed by atoms with E-state index in [9.17, 15) is 4.79 Å². The standard InChI is InChI=1S/C12H15N3O3/c1-8(18-2)11(9(7-13)12(16)17)15-10-5-3-4-6-14-10/h3-8,13H,1-2H3,(H,14,15)(H,16,17)/b11-9+,13-7?/t8-/m0/s1. The van der Waals surface area contributed by atoms with Crippen molar-refractivity contribution in [1.29, 1.82) is 5.41 Å². The first-order valence-electron chi connectivity index (χ1n) is 5.29. The van der Waals surface area contributed by atoms with E-state index in [-0.39, 0.29) is 5.57 Å². The first-order valence-corrected chi connectivity index (χ1v) is 5.29. The molecule has 6 nitrogen and oxygen atoms in total. The zero-order valence-electron chi connectivity index (χ0n) is 10.2. The molecule has 0 amide bonds. The molecule has 0 spiro atoms.